The summed E-state index contributed by atoms with van der Waals surface area (Å²) in [4.78, 5) is 2.56. The van der Waals surface area contributed by atoms with Gasteiger partial charge in [0.05, 0.1) is 0 Å². The van der Waals surface area contributed by atoms with Gasteiger partial charge in [0.25, 0.3) is 0 Å². The van der Waals surface area contributed by atoms with Crippen molar-refractivity contribution in [2.45, 2.75) is 38.1 Å². The molecule has 0 spiro atoms. The molecular formula is C17H24BrFN2. The van der Waals surface area contributed by atoms with Gasteiger partial charge in [-0.15, -0.1) is 0 Å². The van der Waals surface area contributed by atoms with Crippen molar-refractivity contribution in [1.82, 2.24) is 10.2 Å². The molecule has 1 aromatic rings. The van der Waals surface area contributed by atoms with Gasteiger partial charge in [0, 0.05) is 36.7 Å². The van der Waals surface area contributed by atoms with E-state index in [0.717, 1.165) is 36.2 Å². The van der Waals surface area contributed by atoms with E-state index >= 15 is 0 Å². The van der Waals surface area contributed by atoms with E-state index < -0.39 is 0 Å². The van der Waals surface area contributed by atoms with Crippen LogP contribution in [-0.2, 0) is 0 Å². The zero-order valence-electron chi connectivity index (χ0n) is 12.5. The predicted octanol–water partition coefficient (Wildman–Crippen LogP) is 4.11. The number of rotatable bonds is 3. The Kier molecular flexibility index (Phi) is 5.30. The summed E-state index contributed by atoms with van der Waals surface area (Å²) in [6.45, 7) is 4.21. The first-order valence-electron chi connectivity index (χ1n) is 8.15. The maximum Gasteiger partial charge on any atom is 0.124 e. The van der Waals surface area contributed by atoms with Crippen molar-refractivity contribution < 1.29 is 4.39 Å². The van der Waals surface area contributed by atoms with E-state index in [4.69, 9.17) is 0 Å². The van der Waals surface area contributed by atoms with E-state index in [2.05, 4.69) is 32.2 Å². The molecule has 2 fully saturated rings. The summed E-state index contributed by atoms with van der Waals surface area (Å²) in [7, 11) is 0. The molecule has 0 aromatic heterocycles. The monoisotopic (exact) mass is 354 g/mol. The van der Waals surface area contributed by atoms with Gasteiger partial charge in [-0.2, -0.15) is 0 Å². The fourth-order valence-electron chi connectivity index (χ4n) is 3.94. The molecule has 1 aliphatic carbocycles. The number of benzene rings is 1. The minimum Gasteiger partial charge on any atom is -0.314 e. The van der Waals surface area contributed by atoms with Crippen molar-refractivity contribution in [2.75, 3.05) is 26.2 Å². The van der Waals surface area contributed by atoms with Crippen LogP contribution in [0.15, 0.2) is 22.7 Å². The van der Waals surface area contributed by atoms with Gasteiger partial charge in [-0.3, -0.25) is 4.90 Å². The largest absolute Gasteiger partial charge is 0.314 e. The minimum atomic E-state index is -0.129. The van der Waals surface area contributed by atoms with Gasteiger partial charge < -0.3 is 5.32 Å². The second kappa shape index (κ2) is 7.21. The van der Waals surface area contributed by atoms with Crippen LogP contribution in [0, 0.1) is 11.7 Å². The standard InChI is InChI=1S/C17H24BrFN2/c18-15-10-14(11-16(19)12-15)17(13-4-2-1-3-5-13)21-8-6-20-7-9-21/h10-13,17,20H,1-9H2/t17-/m1/s1. The Labute approximate surface area is 135 Å². The van der Waals surface area contributed by atoms with E-state index in [1.54, 1.807) is 12.1 Å². The Balaban J connectivity index is 1.89. The molecule has 1 atom stereocenters. The van der Waals surface area contributed by atoms with Crippen LogP contribution in [0.25, 0.3) is 0 Å². The van der Waals surface area contributed by atoms with Gasteiger partial charge in [0.15, 0.2) is 0 Å². The number of hydrogen-bond acceptors (Lipinski definition) is 2. The third kappa shape index (κ3) is 3.85. The molecule has 0 unspecified atom stereocenters. The van der Waals surface area contributed by atoms with Crippen LogP contribution in [0.4, 0.5) is 4.39 Å². The van der Waals surface area contributed by atoms with Crippen molar-refractivity contribution in [3.63, 3.8) is 0 Å². The van der Waals surface area contributed by atoms with E-state index in [1.807, 2.05) is 0 Å². The van der Waals surface area contributed by atoms with E-state index in [0.29, 0.717) is 12.0 Å². The van der Waals surface area contributed by atoms with Gasteiger partial charge in [-0.1, -0.05) is 35.2 Å². The summed E-state index contributed by atoms with van der Waals surface area (Å²) in [5.74, 6) is 0.542. The summed E-state index contributed by atoms with van der Waals surface area (Å²) in [6, 6.07) is 5.79. The first-order valence-corrected chi connectivity index (χ1v) is 8.94. The third-order valence-corrected chi connectivity index (χ3v) is 5.33. The summed E-state index contributed by atoms with van der Waals surface area (Å²) < 4.78 is 14.7. The lowest BCUT2D eigenvalue weighted by atomic mass is 9.80. The second-order valence-corrected chi connectivity index (χ2v) is 7.25. The molecule has 1 N–H and O–H groups in total. The second-order valence-electron chi connectivity index (χ2n) is 6.33. The molecule has 0 amide bonds. The quantitative estimate of drug-likeness (QED) is 0.878. The van der Waals surface area contributed by atoms with E-state index in [-0.39, 0.29) is 5.82 Å². The highest BCUT2D eigenvalue weighted by Crippen LogP contribution is 2.39. The topological polar surface area (TPSA) is 15.3 Å². The lowest BCUT2D eigenvalue weighted by molar-refractivity contribution is 0.103. The molecule has 2 nitrogen and oxygen atoms in total. The molecule has 1 aromatic carbocycles. The van der Waals surface area contributed by atoms with Gasteiger partial charge in [-0.25, -0.2) is 4.39 Å². The Morgan fingerprint density at radius 2 is 1.81 bits per heavy atom. The Hall–Kier alpha value is -0.450. The summed E-state index contributed by atoms with van der Waals surface area (Å²) in [6.07, 6.45) is 6.57. The maximum absolute atomic E-state index is 13.9. The van der Waals surface area contributed by atoms with Crippen LogP contribution >= 0.6 is 15.9 Å². The highest BCUT2D eigenvalue weighted by molar-refractivity contribution is 9.10. The SMILES string of the molecule is Fc1cc(Br)cc([C@@H](C2CCCCC2)N2CCNCC2)c1. The zero-order chi connectivity index (χ0) is 14.7. The summed E-state index contributed by atoms with van der Waals surface area (Å²) in [5, 5.41) is 3.42. The molecule has 0 bridgehead atoms. The van der Waals surface area contributed by atoms with Gasteiger partial charge >= 0.3 is 0 Å². The van der Waals surface area contributed by atoms with Crippen LogP contribution in [0.1, 0.15) is 43.7 Å². The minimum absolute atomic E-state index is 0.129. The van der Waals surface area contributed by atoms with Crippen LogP contribution < -0.4 is 5.32 Å². The first-order chi connectivity index (χ1) is 10.2. The third-order valence-electron chi connectivity index (χ3n) is 4.87. The van der Waals surface area contributed by atoms with Crippen LogP contribution in [-0.4, -0.2) is 31.1 Å². The molecule has 1 saturated heterocycles. The summed E-state index contributed by atoms with van der Waals surface area (Å²) >= 11 is 3.46. The number of halogens is 2. The number of nitrogens with one attached hydrogen (secondary N) is 1. The Morgan fingerprint density at radius 1 is 1.10 bits per heavy atom. The number of nitrogens with zero attached hydrogens (tertiary/aromatic N) is 1. The maximum atomic E-state index is 13.9. The highest BCUT2D eigenvalue weighted by Gasteiger charge is 2.31. The fraction of sp³-hybridized carbons (Fsp3) is 0.647. The lowest BCUT2D eigenvalue weighted by Gasteiger charge is -2.41. The van der Waals surface area contributed by atoms with Crippen LogP contribution in [0.3, 0.4) is 0 Å². The van der Waals surface area contributed by atoms with Gasteiger partial charge in [-0.05, 0) is 42.5 Å². The average Bonchev–Trinajstić information content (AvgIpc) is 2.49. The highest BCUT2D eigenvalue weighted by atomic mass is 79.9. The van der Waals surface area contributed by atoms with Crippen LogP contribution in [0.2, 0.25) is 0 Å². The number of piperazine rings is 1. The van der Waals surface area contributed by atoms with Crippen molar-refractivity contribution in [3.05, 3.63) is 34.1 Å². The fourth-order valence-corrected chi connectivity index (χ4v) is 4.42. The lowest BCUT2D eigenvalue weighted by Crippen LogP contribution is -2.47. The van der Waals surface area contributed by atoms with Gasteiger partial charge in [0.1, 0.15) is 5.82 Å². The Morgan fingerprint density at radius 3 is 2.48 bits per heavy atom. The molecule has 3 rings (SSSR count). The van der Waals surface area contributed by atoms with Crippen molar-refractivity contribution >= 4 is 15.9 Å². The van der Waals surface area contributed by atoms with Gasteiger partial charge in [0.2, 0.25) is 0 Å². The molecule has 21 heavy (non-hydrogen) atoms. The number of hydrogen-bond donors (Lipinski definition) is 1. The smallest absolute Gasteiger partial charge is 0.124 e. The van der Waals surface area contributed by atoms with E-state index in [1.165, 1.54) is 32.1 Å². The summed E-state index contributed by atoms with van der Waals surface area (Å²) in [5.41, 5.74) is 1.15. The zero-order valence-corrected chi connectivity index (χ0v) is 14.0. The molecule has 1 aliphatic heterocycles. The molecule has 116 valence electrons. The molecule has 1 heterocycles. The molecular weight excluding hydrogens is 331 g/mol. The molecule has 1 saturated carbocycles. The molecule has 2 aliphatic rings. The normalized spacial score (nSPS) is 23.1. The van der Waals surface area contributed by atoms with Crippen LogP contribution in [0.5, 0.6) is 0 Å². The first kappa shape index (κ1) is 15.4. The van der Waals surface area contributed by atoms with Crippen molar-refractivity contribution in [2.24, 2.45) is 5.92 Å². The molecule has 0 radical (unpaired) electrons. The predicted molar refractivity (Wildman–Crippen MR) is 87.9 cm³/mol. The molecule has 4 heteroatoms. The Bertz CT molecular complexity index is 430. The van der Waals surface area contributed by atoms with Crippen molar-refractivity contribution in [1.29, 1.82) is 0 Å². The average molecular weight is 355 g/mol. The van der Waals surface area contributed by atoms with E-state index in [9.17, 15) is 4.39 Å². The van der Waals surface area contributed by atoms with Crippen molar-refractivity contribution in [3.8, 4) is 0 Å².